The summed E-state index contributed by atoms with van der Waals surface area (Å²) < 4.78 is 5.45. The minimum absolute atomic E-state index is 0.243. The van der Waals surface area contributed by atoms with Gasteiger partial charge in [0.15, 0.2) is 0 Å². The number of β-amino-alcohol motifs (C(OH)–C–C–N with tert-alkyl or cyclic N) is 1. The summed E-state index contributed by atoms with van der Waals surface area (Å²) in [5.41, 5.74) is 3.68. The number of benzene rings is 1. The summed E-state index contributed by atoms with van der Waals surface area (Å²) in [6, 6.07) is 5.81. The van der Waals surface area contributed by atoms with Crippen molar-refractivity contribution in [2.75, 3.05) is 39.8 Å². The first-order valence-corrected chi connectivity index (χ1v) is 9.52. The fourth-order valence-corrected chi connectivity index (χ4v) is 4.14. The summed E-state index contributed by atoms with van der Waals surface area (Å²) >= 11 is 0. The van der Waals surface area contributed by atoms with Crippen LogP contribution < -0.4 is 5.63 Å². The first kappa shape index (κ1) is 19.1. The van der Waals surface area contributed by atoms with E-state index in [1.54, 1.807) is 6.07 Å². The highest BCUT2D eigenvalue weighted by Crippen LogP contribution is 2.24. The van der Waals surface area contributed by atoms with Crippen molar-refractivity contribution >= 4 is 11.0 Å². The molecule has 0 saturated carbocycles. The predicted octanol–water partition coefficient (Wildman–Crippen LogP) is 2.55. The zero-order valence-electron chi connectivity index (χ0n) is 16.1. The number of hydrogen-bond acceptors (Lipinski definition) is 5. The van der Waals surface area contributed by atoms with Crippen LogP contribution in [0.15, 0.2) is 27.4 Å². The van der Waals surface area contributed by atoms with Crippen LogP contribution in [0.4, 0.5) is 0 Å². The highest BCUT2D eigenvalue weighted by molar-refractivity contribution is 5.83. The maximum atomic E-state index is 12.0. The second-order valence-electron chi connectivity index (χ2n) is 7.75. The maximum absolute atomic E-state index is 12.0. The van der Waals surface area contributed by atoms with Gasteiger partial charge in [0, 0.05) is 31.1 Å². The molecule has 142 valence electrons. The molecule has 0 atom stereocenters. The summed E-state index contributed by atoms with van der Waals surface area (Å²) in [5.74, 6) is 0.671. The fraction of sp³-hybridized carbons (Fsp3) is 0.571. The topological polar surface area (TPSA) is 56.9 Å². The van der Waals surface area contributed by atoms with Crippen LogP contribution in [0.2, 0.25) is 0 Å². The van der Waals surface area contributed by atoms with Crippen molar-refractivity contribution in [2.45, 2.75) is 33.2 Å². The highest BCUT2D eigenvalue weighted by Gasteiger charge is 2.20. The van der Waals surface area contributed by atoms with Gasteiger partial charge in [-0.2, -0.15) is 0 Å². The third-order valence-electron chi connectivity index (χ3n) is 5.39. The molecule has 0 amide bonds. The number of likely N-dealkylation sites (tertiary alicyclic amines) is 1. The normalized spacial score (nSPS) is 16.7. The van der Waals surface area contributed by atoms with Crippen LogP contribution in [-0.4, -0.2) is 54.7 Å². The first-order valence-electron chi connectivity index (χ1n) is 9.52. The van der Waals surface area contributed by atoms with E-state index < -0.39 is 0 Å². The smallest absolute Gasteiger partial charge is 0.336 e. The van der Waals surface area contributed by atoms with Gasteiger partial charge in [-0.1, -0.05) is 6.07 Å². The third-order valence-corrected chi connectivity index (χ3v) is 5.39. The first-order chi connectivity index (χ1) is 12.5. The van der Waals surface area contributed by atoms with Crippen molar-refractivity contribution in [2.24, 2.45) is 5.92 Å². The van der Waals surface area contributed by atoms with Crippen molar-refractivity contribution in [3.8, 4) is 0 Å². The van der Waals surface area contributed by atoms with Gasteiger partial charge in [0.2, 0.25) is 0 Å². The van der Waals surface area contributed by atoms with Crippen LogP contribution in [0.3, 0.4) is 0 Å². The maximum Gasteiger partial charge on any atom is 0.336 e. The molecule has 2 aromatic rings. The second kappa shape index (κ2) is 8.33. The predicted molar refractivity (Wildman–Crippen MR) is 105 cm³/mol. The molecular formula is C21H30N2O3. The number of hydrogen-bond donors (Lipinski definition) is 1. The SMILES string of the molecule is Cc1cc(C)c2oc(=O)cc(CN(C)CC3CCN(CCO)CC3)c2c1. The van der Waals surface area contributed by atoms with Gasteiger partial charge in [0.1, 0.15) is 5.58 Å². The molecule has 3 rings (SSSR count). The molecule has 0 unspecified atom stereocenters. The van der Waals surface area contributed by atoms with Gasteiger partial charge in [-0.05, 0) is 75.5 Å². The Kier molecular flexibility index (Phi) is 6.12. The lowest BCUT2D eigenvalue weighted by Gasteiger charge is -2.33. The molecule has 1 aromatic carbocycles. The van der Waals surface area contributed by atoms with Gasteiger partial charge in [-0.25, -0.2) is 4.79 Å². The molecule has 1 N–H and O–H groups in total. The average molecular weight is 358 g/mol. The number of rotatable bonds is 6. The van der Waals surface area contributed by atoms with Gasteiger partial charge in [0.25, 0.3) is 0 Å². The minimum atomic E-state index is -0.273. The number of fused-ring (bicyclic) bond motifs is 1. The van der Waals surface area contributed by atoms with Crippen LogP contribution in [-0.2, 0) is 6.54 Å². The molecule has 0 radical (unpaired) electrons. The Morgan fingerprint density at radius 3 is 2.65 bits per heavy atom. The molecule has 1 aliphatic heterocycles. The Balaban J connectivity index is 1.70. The summed E-state index contributed by atoms with van der Waals surface area (Å²) in [6.45, 7) is 9.00. The number of aryl methyl sites for hydroxylation is 2. The van der Waals surface area contributed by atoms with E-state index in [0.717, 1.165) is 49.2 Å². The quantitative estimate of drug-likeness (QED) is 0.804. The molecule has 1 aliphatic rings. The van der Waals surface area contributed by atoms with Crippen molar-refractivity contribution in [3.63, 3.8) is 0 Å². The molecule has 5 heteroatoms. The van der Waals surface area contributed by atoms with Crippen molar-refractivity contribution in [1.82, 2.24) is 9.80 Å². The Morgan fingerprint density at radius 1 is 1.23 bits per heavy atom. The number of nitrogens with zero attached hydrogens (tertiary/aromatic N) is 2. The third kappa shape index (κ3) is 4.53. The Hall–Kier alpha value is -1.69. The van der Waals surface area contributed by atoms with Gasteiger partial charge >= 0.3 is 5.63 Å². The molecule has 1 aromatic heterocycles. The highest BCUT2D eigenvalue weighted by atomic mass is 16.4. The Morgan fingerprint density at radius 2 is 1.96 bits per heavy atom. The summed E-state index contributed by atoms with van der Waals surface area (Å²) in [5, 5.41) is 10.1. The lowest BCUT2D eigenvalue weighted by molar-refractivity contribution is 0.129. The lowest BCUT2D eigenvalue weighted by atomic mass is 9.96. The number of aliphatic hydroxyl groups is 1. The zero-order valence-corrected chi connectivity index (χ0v) is 16.1. The van der Waals surface area contributed by atoms with Crippen LogP contribution in [0.25, 0.3) is 11.0 Å². The molecule has 2 heterocycles. The van der Waals surface area contributed by atoms with Crippen molar-refractivity contribution < 1.29 is 9.52 Å². The van der Waals surface area contributed by atoms with E-state index in [9.17, 15) is 4.79 Å². The van der Waals surface area contributed by atoms with E-state index in [1.807, 2.05) is 6.92 Å². The van der Waals surface area contributed by atoms with Gasteiger partial charge in [-0.15, -0.1) is 0 Å². The molecule has 0 aliphatic carbocycles. The summed E-state index contributed by atoms with van der Waals surface area (Å²) in [4.78, 5) is 16.6. The molecule has 0 bridgehead atoms. The van der Waals surface area contributed by atoms with Gasteiger partial charge < -0.3 is 19.3 Å². The zero-order chi connectivity index (χ0) is 18.7. The van der Waals surface area contributed by atoms with Crippen LogP contribution >= 0.6 is 0 Å². The minimum Gasteiger partial charge on any atom is -0.422 e. The van der Waals surface area contributed by atoms with E-state index in [-0.39, 0.29) is 12.2 Å². The van der Waals surface area contributed by atoms with E-state index in [4.69, 9.17) is 9.52 Å². The Labute approximate surface area is 155 Å². The average Bonchev–Trinajstić information content (AvgIpc) is 2.58. The van der Waals surface area contributed by atoms with E-state index >= 15 is 0 Å². The van der Waals surface area contributed by atoms with E-state index in [1.165, 1.54) is 18.4 Å². The van der Waals surface area contributed by atoms with Crippen molar-refractivity contribution in [1.29, 1.82) is 0 Å². The number of aliphatic hydroxyl groups excluding tert-OH is 1. The standard InChI is InChI=1S/C21H30N2O3/c1-15-10-16(2)21-19(11-15)18(12-20(25)26-21)14-22(3)13-17-4-6-23(7-5-17)8-9-24/h10-12,17,24H,4-9,13-14H2,1-3H3. The molecular weight excluding hydrogens is 328 g/mol. The van der Waals surface area contributed by atoms with E-state index in [2.05, 4.69) is 35.9 Å². The molecule has 26 heavy (non-hydrogen) atoms. The molecule has 1 saturated heterocycles. The molecule has 1 fully saturated rings. The van der Waals surface area contributed by atoms with Gasteiger partial charge in [0.05, 0.1) is 6.61 Å². The summed E-state index contributed by atoms with van der Waals surface area (Å²) in [7, 11) is 2.13. The van der Waals surface area contributed by atoms with Crippen LogP contribution in [0, 0.1) is 19.8 Å². The fourth-order valence-electron chi connectivity index (χ4n) is 4.14. The van der Waals surface area contributed by atoms with Crippen molar-refractivity contribution in [3.05, 3.63) is 45.3 Å². The second-order valence-corrected chi connectivity index (χ2v) is 7.75. The largest absolute Gasteiger partial charge is 0.422 e. The number of piperidine rings is 1. The molecule has 5 nitrogen and oxygen atoms in total. The monoisotopic (exact) mass is 358 g/mol. The van der Waals surface area contributed by atoms with Gasteiger partial charge in [-0.3, -0.25) is 0 Å². The Bertz CT molecular complexity index is 807. The summed E-state index contributed by atoms with van der Waals surface area (Å²) in [6.07, 6.45) is 2.33. The van der Waals surface area contributed by atoms with Crippen LogP contribution in [0.1, 0.15) is 29.5 Å². The molecule has 0 spiro atoms. The lowest BCUT2D eigenvalue weighted by Crippen LogP contribution is -2.38. The van der Waals surface area contributed by atoms with E-state index in [0.29, 0.717) is 11.5 Å². The van der Waals surface area contributed by atoms with Crippen LogP contribution in [0.5, 0.6) is 0 Å².